The van der Waals surface area contributed by atoms with Crippen molar-refractivity contribution in [1.82, 2.24) is 5.32 Å². The summed E-state index contributed by atoms with van der Waals surface area (Å²) in [5.74, 6) is 0.880. The Kier molecular flexibility index (Phi) is 2.99. The van der Waals surface area contributed by atoms with Crippen LogP contribution >= 0.6 is 0 Å². The van der Waals surface area contributed by atoms with E-state index in [9.17, 15) is 4.79 Å². The lowest BCUT2D eigenvalue weighted by Gasteiger charge is -2.14. The lowest BCUT2D eigenvalue weighted by molar-refractivity contribution is 0.104. The van der Waals surface area contributed by atoms with Gasteiger partial charge in [0.15, 0.2) is 6.10 Å². The molecule has 0 spiro atoms. The summed E-state index contributed by atoms with van der Waals surface area (Å²) in [5, 5.41) is 2.59. The van der Waals surface area contributed by atoms with E-state index in [-0.39, 0.29) is 12.2 Å². The van der Waals surface area contributed by atoms with Crippen LogP contribution in [-0.2, 0) is 4.74 Å². The second-order valence-electron chi connectivity index (χ2n) is 3.94. The minimum absolute atomic E-state index is 0.188. The molecule has 2 rings (SSSR count). The monoisotopic (exact) mass is 221 g/mol. The maximum atomic E-state index is 10.8. The molecule has 0 unspecified atom stereocenters. The Hall–Kier alpha value is -1.71. The molecule has 0 bridgehead atoms. The molecule has 1 amide bonds. The quantitative estimate of drug-likeness (QED) is 0.846. The van der Waals surface area contributed by atoms with Crippen molar-refractivity contribution in [3.8, 4) is 5.75 Å². The maximum absolute atomic E-state index is 10.8. The number of cyclic esters (lactones) is 1. The zero-order chi connectivity index (χ0) is 11.5. The molecule has 4 heteroatoms. The Morgan fingerprint density at radius 1 is 1.44 bits per heavy atom. The predicted octanol–water partition coefficient (Wildman–Crippen LogP) is 1.79. The first-order valence-electron chi connectivity index (χ1n) is 5.30. The molecule has 0 aliphatic carbocycles. The van der Waals surface area contributed by atoms with Crippen LogP contribution in [0.15, 0.2) is 18.2 Å². The van der Waals surface area contributed by atoms with Crippen LogP contribution in [0.5, 0.6) is 5.75 Å². The van der Waals surface area contributed by atoms with Crippen LogP contribution in [0, 0.1) is 13.8 Å². The molecule has 0 radical (unpaired) electrons. The van der Waals surface area contributed by atoms with E-state index in [0.29, 0.717) is 13.2 Å². The summed E-state index contributed by atoms with van der Waals surface area (Å²) >= 11 is 0. The molecule has 1 fully saturated rings. The standard InChI is InChI=1S/C12H15NO3/c1-8-4-3-5-9(2)11(8)15-7-10-6-13-12(14)16-10/h3-5,10H,6-7H2,1-2H3,(H,13,14)/t10-/m0/s1. The summed E-state index contributed by atoms with van der Waals surface area (Å²) in [6.45, 7) is 4.91. The Morgan fingerprint density at radius 2 is 2.12 bits per heavy atom. The molecule has 1 heterocycles. The number of ether oxygens (including phenoxy) is 2. The summed E-state index contributed by atoms with van der Waals surface area (Å²) < 4.78 is 10.7. The van der Waals surface area contributed by atoms with Gasteiger partial charge in [0.25, 0.3) is 0 Å². The average Bonchev–Trinajstić information content (AvgIpc) is 2.63. The molecular formula is C12H15NO3. The SMILES string of the molecule is Cc1cccc(C)c1OC[C@@H]1CNC(=O)O1. The highest BCUT2D eigenvalue weighted by molar-refractivity contribution is 5.69. The number of carbonyl (C=O) groups is 1. The van der Waals surface area contributed by atoms with Gasteiger partial charge in [-0.2, -0.15) is 0 Å². The molecule has 0 saturated carbocycles. The van der Waals surface area contributed by atoms with Crippen LogP contribution in [0.2, 0.25) is 0 Å². The molecule has 1 aliphatic heterocycles. The first kappa shape index (κ1) is 10.8. The Labute approximate surface area is 94.6 Å². The summed E-state index contributed by atoms with van der Waals surface area (Å²) in [5.41, 5.74) is 2.19. The molecule has 0 aromatic heterocycles. The summed E-state index contributed by atoms with van der Waals surface area (Å²) in [6.07, 6.45) is -0.554. The minimum Gasteiger partial charge on any atom is -0.489 e. The number of alkyl carbamates (subject to hydrolysis) is 1. The lowest BCUT2D eigenvalue weighted by Crippen LogP contribution is -2.22. The van der Waals surface area contributed by atoms with Crippen molar-refractivity contribution in [3.05, 3.63) is 29.3 Å². The predicted molar refractivity (Wildman–Crippen MR) is 59.7 cm³/mol. The van der Waals surface area contributed by atoms with Gasteiger partial charge in [-0.25, -0.2) is 4.79 Å². The number of para-hydroxylation sites is 1. The fourth-order valence-corrected chi connectivity index (χ4v) is 1.73. The minimum atomic E-state index is -0.366. The van der Waals surface area contributed by atoms with Crippen molar-refractivity contribution in [2.45, 2.75) is 20.0 Å². The van der Waals surface area contributed by atoms with Gasteiger partial charge in [0.1, 0.15) is 12.4 Å². The van der Waals surface area contributed by atoms with Gasteiger partial charge in [-0.1, -0.05) is 18.2 Å². The summed E-state index contributed by atoms with van der Waals surface area (Å²) in [4.78, 5) is 10.8. The van der Waals surface area contributed by atoms with Gasteiger partial charge in [0.2, 0.25) is 0 Å². The highest BCUT2D eigenvalue weighted by atomic mass is 16.6. The fraction of sp³-hybridized carbons (Fsp3) is 0.417. The first-order valence-corrected chi connectivity index (χ1v) is 5.30. The van der Waals surface area contributed by atoms with Gasteiger partial charge in [-0.05, 0) is 25.0 Å². The lowest BCUT2D eigenvalue weighted by atomic mass is 10.1. The maximum Gasteiger partial charge on any atom is 0.407 e. The van der Waals surface area contributed by atoms with E-state index >= 15 is 0 Å². The normalized spacial score (nSPS) is 19.1. The smallest absolute Gasteiger partial charge is 0.407 e. The Bertz CT molecular complexity index is 383. The molecule has 1 saturated heterocycles. The van der Waals surface area contributed by atoms with Gasteiger partial charge < -0.3 is 14.8 Å². The Balaban J connectivity index is 1.97. The molecule has 86 valence electrons. The Morgan fingerprint density at radius 3 is 2.69 bits per heavy atom. The van der Waals surface area contributed by atoms with Gasteiger partial charge in [-0.3, -0.25) is 0 Å². The van der Waals surface area contributed by atoms with E-state index in [0.717, 1.165) is 16.9 Å². The molecule has 1 aromatic rings. The molecule has 4 nitrogen and oxygen atoms in total. The van der Waals surface area contributed by atoms with Crippen molar-refractivity contribution in [1.29, 1.82) is 0 Å². The first-order chi connectivity index (χ1) is 7.66. The average molecular weight is 221 g/mol. The van der Waals surface area contributed by atoms with Crippen molar-refractivity contribution in [2.24, 2.45) is 0 Å². The third kappa shape index (κ3) is 2.27. The topological polar surface area (TPSA) is 47.6 Å². The van der Waals surface area contributed by atoms with Crippen LogP contribution in [0.25, 0.3) is 0 Å². The van der Waals surface area contributed by atoms with Crippen molar-refractivity contribution < 1.29 is 14.3 Å². The fourth-order valence-electron chi connectivity index (χ4n) is 1.73. The number of amides is 1. The number of nitrogens with one attached hydrogen (secondary N) is 1. The number of hydrogen-bond donors (Lipinski definition) is 1. The molecule has 1 aromatic carbocycles. The van der Waals surface area contributed by atoms with E-state index < -0.39 is 0 Å². The second-order valence-corrected chi connectivity index (χ2v) is 3.94. The zero-order valence-corrected chi connectivity index (χ0v) is 9.45. The van der Waals surface area contributed by atoms with Crippen LogP contribution in [-0.4, -0.2) is 25.3 Å². The number of benzene rings is 1. The number of carbonyl (C=O) groups excluding carboxylic acids is 1. The zero-order valence-electron chi connectivity index (χ0n) is 9.45. The van der Waals surface area contributed by atoms with Crippen molar-refractivity contribution >= 4 is 6.09 Å². The van der Waals surface area contributed by atoms with Gasteiger partial charge in [0, 0.05) is 0 Å². The second kappa shape index (κ2) is 4.43. The third-order valence-corrected chi connectivity index (χ3v) is 2.57. The largest absolute Gasteiger partial charge is 0.489 e. The number of hydrogen-bond acceptors (Lipinski definition) is 3. The van der Waals surface area contributed by atoms with E-state index in [2.05, 4.69) is 5.32 Å². The summed E-state index contributed by atoms with van der Waals surface area (Å²) in [6, 6.07) is 6.00. The molecular weight excluding hydrogens is 206 g/mol. The van der Waals surface area contributed by atoms with Crippen LogP contribution in [0.4, 0.5) is 4.79 Å². The number of aryl methyl sites for hydroxylation is 2. The van der Waals surface area contributed by atoms with E-state index in [4.69, 9.17) is 9.47 Å². The van der Waals surface area contributed by atoms with E-state index in [1.165, 1.54) is 0 Å². The number of rotatable bonds is 3. The van der Waals surface area contributed by atoms with Crippen LogP contribution in [0.1, 0.15) is 11.1 Å². The van der Waals surface area contributed by atoms with E-state index in [1.54, 1.807) is 0 Å². The van der Waals surface area contributed by atoms with Crippen molar-refractivity contribution in [2.75, 3.05) is 13.2 Å². The molecule has 1 aliphatic rings. The molecule has 16 heavy (non-hydrogen) atoms. The van der Waals surface area contributed by atoms with Crippen LogP contribution in [0.3, 0.4) is 0 Å². The van der Waals surface area contributed by atoms with Gasteiger partial charge in [0.05, 0.1) is 6.54 Å². The third-order valence-electron chi connectivity index (χ3n) is 2.57. The summed E-state index contributed by atoms with van der Waals surface area (Å²) in [7, 11) is 0. The van der Waals surface area contributed by atoms with Crippen LogP contribution < -0.4 is 10.1 Å². The van der Waals surface area contributed by atoms with Gasteiger partial charge >= 0.3 is 6.09 Å². The van der Waals surface area contributed by atoms with Crippen molar-refractivity contribution in [3.63, 3.8) is 0 Å². The highest BCUT2D eigenvalue weighted by Gasteiger charge is 2.23. The molecule has 1 N–H and O–H groups in total. The highest BCUT2D eigenvalue weighted by Crippen LogP contribution is 2.22. The van der Waals surface area contributed by atoms with E-state index in [1.807, 2.05) is 32.0 Å². The molecule has 1 atom stereocenters. The van der Waals surface area contributed by atoms with Gasteiger partial charge in [-0.15, -0.1) is 0 Å².